The molecule has 0 saturated carbocycles. The second-order valence-electron chi connectivity index (χ2n) is 4.94. The van der Waals surface area contributed by atoms with Crippen molar-refractivity contribution in [3.8, 4) is 11.3 Å². The van der Waals surface area contributed by atoms with E-state index < -0.39 is 17.8 Å². The SMILES string of the molecule is C[C@H](N)c1nc2cccc(C(=O)O)n2c1-c1cncc(F)c1. The molecule has 0 aliphatic heterocycles. The van der Waals surface area contributed by atoms with E-state index in [9.17, 15) is 14.3 Å². The largest absolute Gasteiger partial charge is 0.477 e. The van der Waals surface area contributed by atoms with E-state index >= 15 is 0 Å². The van der Waals surface area contributed by atoms with Crippen molar-refractivity contribution in [2.24, 2.45) is 5.73 Å². The van der Waals surface area contributed by atoms with Crippen molar-refractivity contribution in [2.45, 2.75) is 13.0 Å². The van der Waals surface area contributed by atoms with Crippen LogP contribution in [-0.4, -0.2) is 25.4 Å². The highest BCUT2D eigenvalue weighted by molar-refractivity contribution is 5.88. The number of imidazole rings is 1. The van der Waals surface area contributed by atoms with Gasteiger partial charge < -0.3 is 10.8 Å². The smallest absolute Gasteiger partial charge is 0.352 e. The molecule has 0 aliphatic rings. The highest BCUT2D eigenvalue weighted by Gasteiger charge is 2.21. The van der Waals surface area contributed by atoms with E-state index in [1.165, 1.54) is 22.7 Å². The molecule has 3 aromatic heterocycles. The summed E-state index contributed by atoms with van der Waals surface area (Å²) < 4.78 is 15.0. The van der Waals surface area contributed by atoms with Gasteiger partial charge in [0.15, 0.2) is 0 Å². The first-order valence-corrected chi connectivity index (χ1v) is 6.60. The Morgan fingerprint density at radius 1 is 1.41 bits per heavy atom. The fourth-order valence-electron chi connectivity index (χ4n) is 2.41. The standard InChI is InChI=1S/C15H13FN4O2/c1-8(17)13-14(9-5-10(16)7-18-6-9)20-11(15(21)22)3-2-4-12(20)19-13/h2-8H,17H2,1H3,(H,21,22)/t8-/m0/s1. The molecule has 6 nitrogen and oxygen atoms in total. The van der Waals surface area contributed by atoms with Gasteiger partial charge in [-0.25, -0.2) is 14.2 Å². The number of hydrogen-bond donors (Lipinski definition) is 2. The van der Waals surface area contributed by atoms with Crippen molar-refractivity contribution in [1.29, 1.82) is 0 Å². The number of carboxylic acid groups (broad SMARTS) is 1. The molecule has 0 aliphatic carbocycles. The van der Waals surface area contributed by atoms with Crippen LogP contribution in [0.4, 0.5) is 4.39 Å². The van der Waals surface area contributed by atoms with Gasteiger partial charge in [-0.15, -0.1) is 0 Å². The van der Waals surface area contributed by atoms with Crippen LogP contribution in [0.3, 0.4) is 0 Å². The Morgan fingerprint density at radius 2 is 2.18 bits per heavy atom. The second-order valence-corrected chi connectivity index (χ2v) is 4.94. The molecule has 0 fully saturated rings. The van der Waals surface area contributed by atoms with Crippen LogP contribution < -0.4 is 5.73 Å². The van der Waals surface area contributed by atoms with Crippen molar-refractivity contribution < 1.29 is 14.3 Å². The van der Waals surface area contributed by atoms with Gasteiger partial charge in [0.2, 0.25) is 0 Å². The third-order valence-corrected chi connectivity index (χ3v) is 3.30. The van der Waals surface area contributed by atoms with Crippen LogP contribution in [0.2, 0.25) is 0 Å². The molecule has 3 heterocycles. The number of nitrogens with two attached hydrogens (primary N) is 1. The molecule has 0 saturated heterocycles. The molecule has 0 radical (unpaired) electrons. The van der Waals surface area contributed by atoms with Gasteiger partial charge in [0.05, 0.1) is 17.6 Å². The maximum absolute atomic E-state index is 13.5. The maximum Gasteiger partial charge on any atom is 0.352 e. The van der Waals surface area contributed by atoms with Gasteiger partial charge in [-0.2, -0.15) is 0 Å². The average molecular weight is 300 g/mol. The molecule has 3 N–H and O–H groups in total. The van der Waals surface area contributed by atoms with Gasteiger partial charge in [-0.05, 0) is 25.1 Å². The first-order valence-electron chi connectivity index (χ1n) is 6.60. The summed E-state index contributed by atoms with van der Waals surface area (Å²) in [5.74, 6) is -1.62. The highest BCUT2D eigenvalue weighted by atomic mass is 19.1. The van der Waals surface area contributed by atoms with Crippen molar-refractivity contribution in [1.82, 2.24) is 14.4 Å². The molecule has 0 bridgehead atoms. The van der Waals surface area contributed by atoms with Crippen LogP contribution in [0.5, 0.6) is 0 Å². The Labute approximate surface area is 125 Å². The summed E-state index contributed by atoms with van der Waals surface area (Å²) in [6, 6.07) is 5.57. The number of aromatic carboxylic acids is 1. The van der Waals surface area contributed by atoms with Crippen molar-refractivity contribution >= 4 is 11.6 Å². The van der Waals surface area contributed by atoms with E-state index in [4.69, 9.17) is 5.73 Å². The van der Waals surface area contributed by atoms with Crippen molar-refractivity contribution in [2.75, 3.05) is 0 Å². The fourth-order valence-corrected chi connectivity index (χ4v) is 2.41. The number of pyridine rings is 2. The zero-order chi connectivity index (χ0) is 15.9. The van der Waals surface area contributed by atoms with E-state index in [-0.39, 0.29) is 5.69 Å². The van der Waals surface area contributed by atoms with Crippen molar-refractivity contribution in [3.05, 3.63) is 53.9 Å². The minimum absolute atomic E-state index is 0.0242. The van der Waals surface area contributed by atoms with Crippen LogP contribution in [0.15, 0.2) is 36.7 Å². The number of aromatic nitrogens is 3. The van der Waals surface area contributed by atoms with Gasteiger partial charge >= 0.3 is 5.97 Å². The first-order chi connectivity index (χ1) is 10.5. The van der Waals surface area contributed by atoms with Gasteiger partial charge in [0.1, 0.15) is 17.2 Å². The zero-order valence-corrected chi connectivity index (χ0v) is 11.7. The molecule has 1 atom stereocenters. The Morgan fingerprint density at radius 3 is 2.82 bits per heavy atom. The summed E-state index contributed by atoms with van der Waals surface area (Å²) in [6.45, 7) is 1.73. The Bertz CT molecular complexity index is 873. The van der Waals surface area contributed by atoms with Gasteiger partial charge in [-0.1, -0.05) is 6.07 Å². The molecule has 7 heteroatoms. The normalized spacial score (nSPS) is 12.5. The predicted octanol–water partition coefficient (Wildman–Crippen LogP) is 2.25. The summed E-state index contributed by atoms with van der Waals surface area (Å²) in [5, 5.41) is 9.39. The topological polar surface area (TPSA) is 93.5 Å². The lowest BCUT2D eigenvalue weighted by Crippen LogP contribution is -2.09. The summed E-state index contributed by atoms with van der Waals surface area (Å²) in [7, 11) is 0. The number of halogens is 1. The molecule has 3 rings (SSSR count). The average Bonchev–Trinajstić information content (AvgIpc) is 2.86. The minimum atomic E-state index is -1.11. The van der Waals surface area contributed by atoms with Gasteiger partial charge in [0, 0.05) is 17.8 Å². The van der Waals surface area contributed by atoms with Crippen LogP contribution in [0, 0.1) is 5.82 Å². The molecule has 112 valence electrons. The van der Waals surface area contributed by atoms with Crippen LogP contribution in [-0.2, 0) is 0 Å². The Balaban J connectivity index is 2.44. The van der Waals surface area contributed by atoms with E-state index in [2.05, 4.69) is 9.97 Å². The second kappa shape index (κ2) is 5.19. The lowest BCUT2D eigenvalue weighted by Gasteiger charge is -2.09. The van der Waals surface area contributed by atoms with E-state index in [1.54, 1.807) is 19.1 Å². The molecule has 22 heavy (non-hydrogen) atoms. The van der Waals surface area contributed by atoms with Gasteiger partial charge in [-0.3, -0.25) is 9.38 Å². The summed E-state index contributed by atoms with van der Waals surface area (Å²) >= 11 is 0. The van der Waals surface area contributed by atoms with Crippen molar-refractivity contribution in [3.63, 3.8) is 0 Å². The summed E-state index contributed by atoms with van der Waals surface area (Å²) in [6.07, 6.45) is 2.54. The van der Waals surface area contributed by atoms with E-state index in [1.807, 2.05) is 0 Å². The fraction of sp³-hybridized carbons (Fsp3) is 0.133. The zero-order valence-electron chi connectivity index (χ0n) is 11.7. The first kappa shape index (κ1) is 14.2. The predicted molar refractivity (Wildman–Crippen MR) is 77.9 cm³/mol. The summed E-state index contributed by atoms with van der Waals surface area (Å²) in [5.41, 5.74) is 7.75. The third kappa shape index (κ3) is 2.21. The molecule has 0 unspecified atom stereocenters. The lowest BCUT2D eigenvalue weighted by molar-refractivity contribution is 0.0689. The van der Waals surface area contributed by atoms with Crippen LogP contribution in [0.25, 0.3) is 16.9 Å². The lowest BCUT2D eigenvalue weighted by atomic mass is 10.1. The number of rotatable bonds is 3. The van der Waals surface area contributed by atoms with E-state index in [0.717, 1.165) is 6.20 Å². The molecule has 0 spiro atoms. The number of nitrogens with zero attached hydrogens (tertiary/aromatic N) is 3. The minimum Gasteiger partial charge on any atom is -0.477 e. The molecule has 0 aromatic carbocycles. The molecule has 3 aromatic rings. The molecule has 0 amide bonds. The molecular formula is C15H13FN4O2. The number of fused-ring (bicyclic) bond motifs is 1. The maximum atomic E-state index is 13.5. The highest BCUT2D eigenvalue weighted by Crippen LogP contribution is 2.29. The van der Waals surface area contributed by atoms with Crippen LogP contribution >= 0.6 is 0 Å². The number of hydrogen-bond acceptors (Lipinski definition) is 4. The third-order valence-electron chi connectivity index (χ3n) is 3.30. The monoisotopic (exact) mass is 300 g/mol. The Kier molecular flexibility index (Phi) is 3.34. The van der Waals surface area contributed by atoms with Gasteiger partial charge in [0.25, 0.3) is 0 Å². The van der Waals surface area contributed by atoms with E-state index in [0.29, 0.717) is 22.6 Å². The van der Waals surface area contributed by atoms with Crippen LogP contribution in [0.1, 0.15) is 29.1 Å². The number of carboxylic acids is 1. The quantitative estimate of drug-likeness (QED) is 0.773. The molecular weight excluding hydrogens is 287 g/mol. The Hall–Kier alpha value is -2.80. The number of carbonyl (C=O) groups is 1. The summed E-state index contributed by atoms with van der Waals surface area (Å²) in [4.78, 5) is 19.7.